The fraction of sp³-hybridized carbons (Fsp3) is 0.333. The van der Waals surface area contributed by atoms with E-state index in [4.69, 9.17) is 0 Å². The minimum atomic E-state index is 0.392. The Morgan fingerprint density at radius 3 is 2.29 bits per heavy atom. The SMILES string of the molecule is CCNc1nc(NCC)nc(N/N=C/c2cc(Br)cs2)n1. The van der Waals surface area contributed by atoms with Gasteiger partial charge in [-0.15, -0.1) is 11.3 Å². The molecule has 0 amide bonds. The molecule has 21 heavy (non-hydrogen) atoms. The number of hydrogen-bond donors (Lipinski definition) is 3. The molecule has 0 spiro atoms. The van der Waals surface area contributed by atoms with Gasteiger partial charge in [0.2, 0.25) is 17.8 Å². The van der Waals surface area contributed by atoms with Gasteiger partial charge in [-0.2, -0.15) is 20.1 Å². The van der Waals surface area contributed by atoms with E-state index in [0.29, 0.717) is 17.8 Å². The molecule has 0 unspecified atom stereocenters. The second kappa shape index (κ2) is 7.89. The summed E-state index contributed by atoms with van der Waals surface area (Å²) in [7, 11) is 0. The Labute approximate surface area is 135 Å². The van der Waals surface area contributed by atoms with E-state index in [1.165, 1.54) is 0 Å². The van der Waals surface area contributed by atoms with E-state index in [2.05, 4.69) is 52.0 Å². The summed E-state index contributed by atoms with van der Waals surface area (Å²) in [5, 5.41) is 12.3. The van der Waals surface area contributed by atoms with Crippen molar-refractivity contribution in [2.24, 2.45) is 5.10 Å². The maximum Gasteiger partial charge on any atom is 0.250 e. The molecule has 0 aliphatic carbocycles. The van der Waals surface area contributed by atoms with E-state index < -0.39 is 0 Å². The molecular weight excluding hydrogens is 354 g/mol. The Morgan fingerprint density at radius 2 is 1.76 bits per heavy atom. The van der Waals surface area contributed by atoms with Crippen molar-refractivity contribution in [1.82, 2.24) is 15.0 Å². The lowest BCUT2D eigenvalue weighted by Crippen LogP contribution is -2.10. The lowest BCUT2D eigenvalue weighted by Gasteiger charge is -2.07. The molecule has 0 bridgehead atoms. The number of hydrogen-bond acceptors (Lipinski definition) is 8. The van der Waals surface area contributed by atoms with E-state index in [0.717, 1.165) is 22.4 Å². The zero-order chi connectivity index (χ0) is 15.1. The molecule has 2 aromatic heterocycles. The number of halogens is 1. The molecule has 0 saturated heterocycles. The number of nitrogens with zero attached hydrogens (tertiary/aromatic N) is 4. The first-order valence-corrected chi connectivity index (χ1v) is 8.15. The Kier molecular flexibility index (Phi) is 5.88. The van der Waals surface area contributed by atoms with Gasteiger partial charge in [0.15, 0.2) is 0 Å². The van der Waals surface area contributed by atoms with Crippen LogP contribution >= 0.6 is 27.3 Å². The smallest absolute Gasteiger partial charge is 0.250 e. The quantitative estimate of drug-likeness (QED) is 0.513. The minimum Gasteiger partial charge on any atom is -0.354 e. The molecule has 2 aromatic rings. The van der Waals surface area contributed by atoms with Gasteiger partial charge < -0.3 is 10.6 Å². The summed E-state index contributed by atoms with van der Waals surface area (Å²) in [6, 6.07) is 1.98. The van der Waals surface area contributed by atoms with E-state index in [9.17, 15) is 0 Å². The molecule has 0 aliphatic heterocycles. The second-order valence-corrected chi connectivity index (χ2v) is 5.76. The molecular formula is C12H16BrN7S. The number of aromatic nitrogens is 3. The van der Waals surface area contributed by atoms with Gasteiger partial charge in [-0.3, -0.25) is 0 Å². The molecule has 0 aliphatic rings. The molecule has 0 atom stereocenters. The number of anilines is 3. The van der Waals surface area contributed by atoms with Crippen molar-refractivity contribution in [3.8, 4) is 0 Å². The summed E-state index contributed by atoms with van der Waals surface area (Å²) in [6.07, 6.45) is 1.72. The van der Waals surface area contributed by atoms with E-state index in [-0.39, 0.29) is 0 Å². The van der Waals surface area contributed by atoms with Crippen LogP contribution in [0.5, 0.6) is 0 Å². The average molecular weight is 370 g/mol. The Morgan fingerprint density at radius 1 is 1.14 bits per heavy atom. The van der Waals surface area contributed by atoms with Crippen molar-refractivity contribution in [2.75, 3.05) is 29.1 Å². The van der Waals surface area contributed by atoms with Gasteiger partial charge in [-0.05, 0) is 35.8 Å². The van der Waals surface area contributed by atoms with Crippen molar-refractivity contribution in [2.45, 2.75) is 13.8 Å². The van der Waals surface area contributed by atoms with Gasteiger partial charge in [0.1, 0.15) is 0 Å². The number of nitrogens with one attached hydrogen (secondary N) is 3. The lowest BCUT2D eigenvalue weighted by atomic mass is 10.5. The molecule has 0 radical (unpaired) electrons. The number of hydrazone groups is 1. The molecule has 0 aromatic carbocycles. The first-order valence-electron chi connectivity index (χ1n) is 6.48. The Balaban J connectivity index is 2.08. The largest absolute Gasteiger partial charge is 0.354 e. The maximum absolute atomic E-state index is 4.24. The van der Waals surface area contributed by atoms with Crippen molar-refractivity contribution in [3.05, 3.63) is 20.8 Å². The van der Waals surface area contributed by atoms with Gasteiger partial charge in [0.05, 0.1) is 6.21 Å². The van der Waals surface area contributed by atoms with Crippen LogP contribution in [0.3, 0.4) is 0 Å². The highest BCUT2D eigenvalue weighted by Crippen LogP contribution is 2.18. The standard InChI is InChI=1S/C12H16BrN7S/c1-3-14-10-17-11(15-4-2)19-12(18-10)20-16-6-9-5-8(13)7-21-9/h5-7H,3-4H2,1-2H3,(H3,14,15,17,18,19,20)/b16-6+. The summed E-state index contributed by atoms with van der Waals surface area (Å²) in [6.45, 7) is 5.44. The van der Waals surface area contributed by atoms with Crippen LogP contribution in [0.25, 0.3) is 0 Å². The summed E-state index contributed by atoms with van der Waals surface area (Å²) in [5.41, 5.74) is 2.82. The van der Waals surface area contributed by atoms with Gasteiger partial charge in [0, 0.05) is 27.8 Å². The number of thiophene rings is 1. The predicted octanol–water partition coefficient (Wildman–Crippen LogP) is 3.01. The van der Waals surface area contributed by atoms with Crippen LogP contribution in [0.15, 0.2) is 21.0 Å². The summed E-state index contributed by atoms with van der Waals surface area (Å²) in [5.74, 6) is 1.42. The number of rotatable bonds is 7. The predicted molar refractivity (Wildman–Crippen MR) is 91.4 cm³/mol. The third kappa shape index (κ3) is 4.94. The van der Waals surface area contributed by atoms with Crippen LogP contribution in [0, 0.1) is 0 Å². The monoisotopic (exact) mass is 369 g/mol. The van der Waals surface area contributed by atoms with Crippen LogP contribution in [0.4, 0.5) is 17.8 Å². The van der Waals surface area contributed by atoms with Gasteiger partial charge in [0.25, 0.3) is 0 Å². The van der Waals surface area contributed by atoms with Crippen molar-refractivity contribution < 1.29 is 0 Å². The fourth-order valence-electron chi connectivity index (χ4n) is 1.45. The van der Waals surface area contributed by atoms with Gasteiger partial charge in [-0.25, -0.2) is 5.43 Å². The third-order valence-corrected chi connectivity index (χ3v) is 3.88. The highest BCUT2D eigenvalue weighted by atomic mass is 79.9. The van der Waals surface area contributed by atoms with E-state index in [1.807, 2.05) is 25.3 Å². The van der Waals surface area contributed by atoms with Crippen LogP contribution in [-0.2, 0) is 0 Å². The highest BCUT2D eigenvalue weighted by molar-refractivity contribution is 9.10. The molecule has 2 heterocycles. The van der Waals surface area contributed by atoms with Crippen molar-refractivity contribution in [1.29, 1.82) is 0 Å². The zero-order valence-electron chi connectivity index (χ0n) is 11.7. The summed E-state index contributed by atoms with van der Waals surface area (Å²) >= 11 is 4.99. The first kappa shape index (κ1) is 15.6. The topological polar surface area (TPSA) is 87.1 Å². The molecule has 3 N–H and O–H groups in total. The third-order valence-electron chi connectivity index (χ3n) is 2.25. The molecule has 0 fully saturated rings. The highest BCUT2D eigenvalue weighted by Gasteiger charge is 2.04. The summed E-state index contributed by atoms with van der Waals surface area (Å²) in [4.78, 5) is 13.7. The maximum atomic E-state index is 4.24. The Bertz CT molecular complexity index is 589. The molecule has 7 nitrogen and oxygen atoms in total. The minimum absolute atomic E-state index is 0.392. The van der Waals surface area contributed by atoms with E-state index >= 15 is 0 Å². The van der Waals surface area contributed by atoms with Gasteiger partial charge in [-0.1, -0.05) is 0 Å². The van der Waals surface area contributed by atoms with Crippen LogP contribution < -0.4 is 16.1 Å². The van der Waals surface area contributed by atoms with Gasteiger partial charge >= 0.3 is 0 Å². The van der Waals surface area contributed by atoms with Crippen molar-refractivity contribution >= 4 is 51.3 Å². The normalized spacial score (nSPS) is 10.8. The average Bonchev–Trinajstić information content (AvgIpc) is 2.85. The zero-order valence-corrected chi connectivity index (χ0v) is 14.1. The van der Waals surface area contributed by atoms with Crippen molar-refractivity contribution in [3.63, 3.8) is 0 Å². The second-order valence-electron chi connectivity index (χ2n) is 3.90. The first-order chi connectivity index (χ1) is 10.2. The fourth-order valence-corrected chi connectivity index (χ4v) is 2.75. The molecule has 112 valence electrons. The van der Waals surface area contributed by atoms with Crippen LogP contribution in [-0.4, -0.2) is 34.3 Å². The molecule has 2 rings (SSSR count). The lowest BCUT2D eigenvalue weighted by molar-refractivity contribution is 0.992. The van der Waals surface area contributed by atoms with E-state index in [1.54, 1.807) is 17.6 Å². The summed E-state index contributed by atoms with van der Waals surface area (Å²) < 4.78 is 1.04. The van der Waals surface area contributed by atoms with Crippen LogP contribution in [0.2, 0.25) is 0 Å². The van der Waals surface area contributed by atoms with Crippen LogP contribution in [0.1, 0.15) is 18.7 Å². The molecule has 9 heteroatoms. The Hall–Kier alpha value is -1.74. The molecule has 0 saturated carbocycles.